The molecule has 2 amide bonds. The summed E-state index contributed by atoms with van der Waals surface area (Å²) in [7, 11) is 0. The molecule has 27 heavy (non-hydrogen) atoms. The molecule has 0 aromatic heterocycles. The predicted octanol–water partition coefficient (Wildman–Crippen LogP) is 4.59. The highest BCUT2D eigenvalue weighted by atomic mass is 79.9. The van der Waals surface area contributed by atoms with Crippen LogP contribution in [-0.4, -0.2) is 46.5 Å². The highest BCUT2D eigenvalue weighted by Crippen LogP contribution is 2.32. The van der Waals surface area contributed by atoms with E-state index >= 15 is 0 Å². The first kappa shape index (κ1) is 20.2. The van der Waals surface area contributed by atoms with Crippen molar-refractivity contribution in [3.8, 4) is 0 Å². The molecule has 5 nitrogen and oxygen atoms in total. The Bertz CT molecular complexity index is 680. The minimum Gasteiger partial charge on any atom is -0.444 e. The molecule has 148 valence electrons. The summed E-state index contributed by atoms with van der Waals surface area (Å²) in [6.45, 7) is 7.35. The number of rotatable bonds is 4. The molecular weight excluding hydrogens is 408 g/mol. The first-order valence-electron chi connectivity index (χ1n) is 9.76. The van der Waals surface area contributed by atoms with Crippen molar-refractivity contribution in [1.82, 2.24) is 9.80 Å². The maximum Gasteiger partial charge on any atom is 0.410 e. The lowest BCUT2D eigenvalue weighted by Gasteiger charge is -2.36. The van der Waals surface area contributed by atoms with Gasteiger partial charge in [0.25, 0.3) is 0 Å². The Labute approximate surface area is 170 Å². The molecule has 0 spiro atoms. The van der Waals surface area contributed by atoms with Crippen molar-refractivity contribution in [2.24, 2.45) is 5.92 Å². The lowest BCUT2D eigenvalue weighted by molar-refractivity contribution is -0.138. The largest absolute Gasteiger partial charge is 0.444 e. The van der Waals surface area contributed by atoms with Crippen LogP contribution in [0.2, 0.25) is 0 Å². The fourth-order valence-corrected chi connectivity index (χ4v) is 3.73. The van der Waals surface area contributed by atoms with Gasteiger partial charge in [-0.05, 0) is 64.2 Å². The second-order valence-electron chi connectivity index (χ2n) is 8.59. The maximum absolute atomic E-state index is 13.2. The van der Waals surface area contributed by atoms with Crippen LogP contribution in [0.5, 0.6) is 0 Å². The van der Waals surface area contributed by atoms with Crippen LogP contribution in [0.4, 0.5) is 4.79 Å². The Morgan fingerprint density at radius 2 is 1.85 bits per heavy atom. The van der Waals surface area contributed by atoms with Crippen LogP contribution < -0.4 is 0 Å². The monoisotopic (exact) mass is 436 g/mol. The van der Waals surface area contributed by atoms with E-state index in [0.717, 1.165) is 35.7 Å². The van der Waals surface area contributed by atoms with Gasteiger partial charge in [0.1, 0.15) is 5.60 Å². The first-order valence-corrected chi connectivity index (χ1v) is 10.5. The molecule has 1 atom stereocenters. The SMILES string of the molecule is CC(C)(C)OC(=O)N1CCCC(C(=O)N(Cc2ccc(Br)cc2)C2CC2)C1. The van der Waals surface area contributed by atoms with E-state index in [0.29, 0.717) is 25.7 Å². The zero-order valence-electron chi connectivity index (χ0n) is 16.4. The van der Waals surface area contributed by atoms with E-state index in [1.54, 1.807) is 4.90 Å². The highest BCUT2D eigenvalue weighted by Gasteiger charge is 2.38. The Morgan fingerprint density at radius 1 is 1.19 bits per heavy atom. The van der Waals surface area contributed by atoms with Gasteiger partial charge in [0.05, 0.1) is 5.92 Å². The van der Waals surface area contributed by atoms with E-state index in [2.05, 4.69) is 28.1 Å². The summed E-state index contributed by atoms with van der Waals surface area (Å²) in [6.07, 6.45) is 3.51. The van der Waals surface area contributed by atoms with Gasteiger partial charge in [0.15, 0.2) is 0 Å². The molecule has 1 saturated heterocycles. The van der Waals surface area contributed by atoms with Gasteiger partial charge in [-0.15, -0.1) is 0 Å². The quantitative estimate of drug-likeness (QED) is 0.693. The number of piperidine rings is 1. The van der Waals surface area contributed by atoms with Gasteiger partial charge in [0, 0.05) is 30.1 Å². The lowest BCUT2D eigenvalue weighted by Crippen LogP contribution is -2.48. The van der Waals surface area contributed by atoms with Gasteiger partial charge < -0.3 is 14.5 Å². The van der Waals surface area contributed by atoms with Crippen LogP contribution in [-0.2, 0) is 16.1 Å². The molecule has 6 heteroatoms. The molecular formula is C21H29BrN2O3. The van der Waals surface area contributed by atoms with Crippen molar-refractivity contribution >= 4 is 27.9 Å². The fourth-order valence-electron chi connectivity index (χ4n) is 3.47. The van der Waals surface area contributed by atoms with Crippen molar-refractivity contribution in [2.45, 2.75) is 64.6 Å². The molecule has 2 fully saturated rings. The molecule has 3 rings (SSSR count). The molecule has 1 saturated carbocycles. The van der Waals surface area contributed by atoms with Crippen molar-refractivity contribution in [3.05, 3.63) is 34.3 Å². The summed E-state index contributed by atoms with van der Waals surface area (Å²) < 4.78 is 6.53. The summed E-state index contributed by atoms with van der Waals surface area (Å²) in [4.78, 5) is 29.4. The lowest BCUT2D eigenvalue weighted by atomic mass is 9.96. The van der Waals surface area contributed by atoms with Crippen molar-refractivity contribution in [2.75, 3.05) is 13.1 Å². The van der Waals surface area contributed by atoms with Gasteiger partial charge in [-0.1, -0.05) is 28.1 Å². The average molecular weight is 437 g/mol. The van der Waals surface area contributed by atoms with E-state index in [9.17, 15) is 9.59 Å². The van der Waals surface area contributed by atoms with Gasteiger partial charge in [-0.25, -0.2) is 4.79 Å². The molecule has 1 aromatic rings. The highest BCUT2D eigenvalue weighted by molar-refractivity contribution is 9.10. The number of benzene rings is 1. The molecule has 1 aliphatic carbocycles. The number of nitrogens with zero attached hydrogens (tertiary/aromatic N) is 2. The summed E-state index contributed by atoms with van der Waals surface area (Å²) in [5, 5.41) is 0. The van der Waals surface area contributed by atoms with Crippen LogP contribution in [0.15, 0.2) is 28.7 Å². The van der Waals surface area contributed by atoms with Crippen molar-refractivity contribution < 1.29 is 14.3 Å². The summed E-state index contributed by atoms with van der Waals surface area (Å²) in [6, 6.07) is 8.48. The van der Waals surface area contributed by atoms with Gasteiger partial charge in [-0.3, -0.25) is 4.79 Å². The standard InChI is InChI=1S/C21H29BrN2O3/c1-21(2,3)27-20(26)23-12-4-5-16(14-23)19(25)24(18-10-11-18)13-15-6-8-17(22)9-7-15/h6-9,16,18H,4-5,10-14H2,1-3H3. The zero-order chi connectivity index (χ0) is 19.6. The molecule has 2 aliphatic rings. The van der Waals surface area contributed by atoms with E-state index in [-0.39, 0.29) is 17.9 Å². The zero-order valence-corrected chi connectivity index (χ0v) is 18.0. The number of halogens is 1. The minimum absolute atomic E-state index is 0.137. The van der Waals surface area contributed by atoms with Gasteiger partial charge >= 0.3 is 6.09 Å². The summed E-state index contributed by atoms with van der Waals surface area (Å²) >= 11 is 3.46. The second kappa shape index (κ2) is 8.21. The van der Waals surface area contributed by atoms with E-state index in [1.165, 1.54) is 0 Å². The number of hydrogen-bond donors (Lipinski definition) is 0. The molecule has 1 aromatic carbocycles. The third kappa shape index (κ3) is 5.71. The third-order valence-electron chi connectivity index (χ3n) is 4.96. The predicted molar refractivity (Wildman–Crippen MR) is 108 cm³/mol. The van der Waals surface area contributed by atoms with Crippen LogP contribution in [0, 0.1) is 5.92 Å². The average Bonchev–Trinajstić information content (AvgIpc) is 3.44. The number of likely N-dealkylation sites (tertiary alicyclic amines) is 1. The number of carbonyl (C=O) groups is 2. The first-order chi connectivity index (χ1) is 12.7. The van der Waals surface area contributed by atoms with Gasteiger partial charge in [-0.2, -0.15) is 0 Å². The molecule has 1 aliphatic heterocycles. The van der Waals surface area contributed by atoms with Crippen LogP contribution in [0.1, 0.15) is 52.0 Å². The number of ether oxygens (including phenoxy) is 1. The Balaban J connectivity index is 1.65. The normalized spacial score (nSPS) is 20.3. The van der Waals surface area contributed by atoms with Gasteiger partial charge in [0.2, 0.25) is 5.91 Å². The maximum atomic E-state index is 13.2. The van der Waals surface area contributed by atoms with Crippen molar-refractivity contribution in [3.63, 3.8) is 0 Å². The fraction of sp³-hybridized carbons (Fsp3) is 0.619. The summed E-state index contributed by atoms with van der Waals surface area (Å²) in [5.41, 5.74) is 0.619. The Morgan fingerprint density at radius 3 is 2.44 bits per heavy atom. The van der Waals surface area contributed by atoms with E-state index in [4.69, 9.17) is 4.74 Å². The van der Waals surface area contributed by atoms with Crippen LogP contribution >= 0.6 is 15.9 Å². The molecule has 0 radical (unpaired) electrons. The number of amides is 2. The molecule has 0 bridgehead atoms. The van der Waals surface area contributed by atoms with E-state index < -0.39 is 5.60 Å². The van der Waals surface area contributed by atoms with Crippen molar-refractivity contribution in [1.29, 1.82) is 0 Å². The minimum atomic E-state index is -0.518. The Kier molecular flexibility index (Phi) is 6.14. The van der Waals surface area contributed by atoms with E-state index in [1.807, 2.05) is 37.8 Å². The Hall–Kier alpha value is -1.56. The molecule has 0 N–H and O–H groups in total. The molecule has 1 unspecified atom stereocenters. The summed E-state index contributed by atoms with van der Waals surface area (Å²) in [5.74, 6) is 0.0380. The topological polar surface area (TPSA) is 49.9 Å². The number of carbonyl (C=O) groups excluding carboxylic acids is 2. The second-order valence-corrected chi connectivity index (χ2v) is 9.50. The molecule has 1 heterocycles. The number of hydrogen-bond acceptors (Lipinski definition) is 3. The smallest absolute Gasteiger partial charge is 0.410 e. The third-order valence-corrected chi connectivity index (χ3v) is 5.49. The van der Waals surface area contributed by atoms with Crippen LogP contribution in [0.3, 0.4) is 0 Å². The van der Waals surface area contributed by atoms with Crippen LogP contribution in [0.25, 0.3) is 0 Å².